The van der Waals surface area contributed by atoms with Gasteiger partial charge < -0.3 is 5.32 Å². The fourth-order valence-electron chi connectivity index (χ4n) is 3.50. The highest BCUT2D eigenvalue weighted by atomic mass is 35.5. The fraction of sp³-hybridized carbons (Fsp3) is 0.381. The van der Waals surface area contributed by atoms with Crippen LogP contribution in [0.1, 0.15) is 18.1 Å². The molecule has 1 fully saturated rings. The number of aryl methyl sites for hydroxylation is 2. The Kier molecular flexibility index (Phi) is 7.42. The van der Waals surface area contributed by atoms with Crippen molar-refractivity contribution in [1.29, 1.82) is 0 Å². The second-order valence-electron chi connectivity index (χ2n) is 7.27. The van der Waals surface area contributed by atoms with Crippen LogP contribution in [0.4, 0.5) is 5.69 Å². The minimum Gasteiger partial charge on any atom is -0.324 e. The number of hydrogen-bond donors (Lipinski definition) is 1. The summed E-state index contributed by atoms with van der Waals surface area (Å²) in [6, 6.07) is 10.3. The van der Waals surface area contributed by atoms with E-state index in [9.17, 15) is 13.2 Å². The fourth-order valence-corrected chi connectivity index (χ4v) is 5.31. The maximum Gasteiger partial charge on any atom is 0.243 e. The molecule has 1 heterocycles. The van der Waals surface area contributed by atoms with Crippen molar-refractivity contribution in [2.45, 2.75) is 25.2 Å². The Balaban J connectivity index is 1.59. The van der Waals surface area contributed by atoms with Gasteiger partial charge in [0, 0.05) is 31.9 Å². The lowest BCUT2D eigenvalue weighted by Gasteiger charge is -2.33. The van der Waals surface area contributed by atoms with Crippen molar-refractivity contribution in [3.8, 4) is 0 Å². The summed E-state index contributed by atoms with van der Waals surface area (Å²) in [7, 11) is -3.65. The van der Waals surface area contributed by atoms with Crippen molar-refractivity contribution in [3.05, 3.63) is 57.6 Å². The zero-order chi connectivity index (χ0) is 21.9. The smallest absolute Gasteiger partial charge is 0.243 e. The first kappa shape index (κ1) is 23.0. The summed E-state index contributed by atoms with van der Waals surface area (Å²) in [5, 5.41) is 3.53. The monoisotopic (exact) mass is 469 g/mol. The van der Waals surface area contributed by atoms with Crippen molar-refractivity contribution in [3.63, 3.8) is 0 Å². The first-order chi connectivity index (χ1) is 14.2. The van der Waals surface area contributed by atoms with Crippen LogP contribution in [0.25, 0.3) is 0 Å². The summed E-state index contributed by atoms with van der Waals surface area (Å²) in [5.41, 5.74) is 2.99. The molecule has 1 saturated heterocycles. The first-order valence-electron chi connectivity index (χ1n) is 9.78. The number of carbonyl (C=O) groups is 1. The molecule has 1 N–H and O–H groups in total. The molecule has 0 aromatic heterocycles. The van der Waals surface area contributed by atoms with Gasteiger partial charge in [0.2, 0.25) is 15.9 Å². The summed E-state index contributed by atoms with van der Waals surface area (Å²) in [5.74, 6) is -0.0974. The van der Waals surface area contributed by atoms with E-state index in [1.807, 2.05) is 30.0 Å². The summed E-state index contributed by atoms with van der Waals surface area (Å²) >= 11 is 11.9. The van der Waals surface area contributed by atoms with Gasteiger partial charge >= 0.3 is 0 Å². The van der Waals surface area contributed by atoms with Gasteiger partial charge in [-0.1, -0.05) is 48.3 Å². The maximum absolute atomic E-state index is 12.9. The number of benzene rings is 2. The van der Waals surface area contributed by atoms with Crippen molar-refractivity contribution in [1.82, 2.24) is 9.21 Å². The average molecular weight is 470 g/mol. The van der Waals surface area contributed by atoms with Crippen LogP contribution in [0.15, 0.2) is 41.3 Å². The van der Waals surface area contributed by atoms with Crippen LogP contribution >= 0.6 is 23.2 Å². The Morgan fingerprint density at radius 1 is 1.07 bits per heavy atom. The highest BCUT2D eigenvalue weighted by Crippen LogP contribution is 2.27. The van der Waals surface area contributed by atoms with E-state index in [-0.39, 0.29) is 22.4 Å². The number of carbonyl (C=O) groups excluding carboxylic acids is 1. The molecular weight excluding hydrogens is 445 g/mol. The number of nitrogens with one attached hydrogen (secondary N) is 1. The normalized spacial score (nSPS) is 15.9. The molecule has 162 valence electrons. The van der Waals surface area contributed by atoms with Crippen LogP contribution < -0.4 is 5.32 Å². The molecule has 0 aliphatic carbocycles. The molecule has 3 rings (SSSR count). The van der Waals surface area contributed by atoms with Gasteiger partial charge in [-0.2, -0.15) is 4.31 Å². The number of sulfonamides is 1. The van der Waals surface area contributed by atoms with E-state index in [0.29, 0.717) is 31.2 Å². The molecule has 1 aliphatic heterocycles. The third-order valence-electron chi connectivity index (χ3n) is 5.23. The minimum absolute atomic E-state index is 0.0974. The van der Waals surface area contributed by atoms with Gasteiger partial charge in [0.15, 0.2) is 0 Å². The minimum atomic E-state index is -3.65. The summed E-state index contributed by atoms with van der Waals surface area (Å²) in [6.07, 6.45) is 0.836. The van der Waals surface area contributed by atoms with E-state index in [1.54, 1.807) is 0 Å². The highest BCUT2D eigenvalue weighted by molar-refractivity contribution is 7.89. The number of piperazine rings is 1. The second-order valence-corrected chi connectivity index (χ2v) is 10.0. The predicted octanol–water partition coefficient (Wildman–Crippen LogP) is 3.81. The van der Waals surface area contributed by atoms with Crippen LogP contribution in [-0.4, -0.2) is 56.3 Å². The third kappa shape index (κ3) is 5.15. The van der Waals surface area contributed by atoms with Crippen LogP contribution in [0, 0.1) is 6.92 Å². The number of anilines is 1. The van der Waals surface area contributed by atoms with Crippen LogP contribution in [-0.2, 0) is 21.2 Å². The van der Waals surface area contributed by atoms with E-state index in [2.05, 4.69) is 12.2 Å². The van der Waals surface area contributed by atoms with Crippen LogP contribution in [0.2, 0.25) is 10.0 Å². The molecule has 0 saturated carbocycles. The maximum atomic E-state index is 12.9. The number of rotatable bonds is 6. The number of amides is 1. The molecule has 2 aromatic rings. The van der Waals surface area contributed by atoms with Gasteiger partial charge in [-0.3, -0.25) is 9.69 Å². The molecule has 0 bridgehead atoms. The molecule has 1 aliphatic rings. The number of para-hydroxylation sites is 1. The Hall–Kier alpha value is -1.64. The van der Waals surface area contributed by atoms with Gasteiger partial charge in [0.05, 0.1) is 21.5 Å². The van der Waals surface area contributed by atoms with Gasteiger partial charge in [0.25, 0.3) is 0 Å². The zero-order valence-electron chi connectivity index (χ0n) is 17.0. The van der Waals surface area contributed by atoms with E-state index < -0.39 is 10.0 Å². The molecular formula is C21H25Cl2N3O3S. The quantitative estimate of drug-likeness (QED) is 0.697. The van der Waals surface area contributed by atoms with E-state index in [1.165, 1.54) is 22.5 Å². The molecule has 0 spiro atoms. The largest absolute Gasteiger partial charge is 0.324 e. The lowest BCUT2D eigenvalue weighted by Crippen LogP contribution is -2.50. The lowest BCUT2D eigenvalue weighted by molar-refractivity contribution is -0.117. The molecule has 0 unspecified atom stereocenters. The number of halogens is 2. The molecule has 1 amide bonds. The first-order valence-corrected chi connectivity index (χ1v) is 12.0. The van der Waals surface area contributed by atoms with Gasteiger partial charge in [-0.05, 0) is 42.7 Å². The van der Waals surface area contributed by atoms with E-state index >= 15 is 0 Å². The van der Waals surface area contributed by atoms with E-state index in [4.69, 9.17) is 23.2 Å². The average Bonchev–Trinajstić information content (AvgIpc) is 2.71. The second kappa shape index (κ2) is 9.66. The summed E-state index contributed by atoms with van der Waals surface area (Å²) in [4.78, 5) is 14.6. The molecule has 0 atom stereocenters. The molecule has 30 heavy (non-hydrogen) atoms. The Bertz CT molecular complexity index is 1040. The van der Waals surface area contributed by atoms with Crippen molar-refractivity contribution < 1.29 is 13.2 Å². The van der Waals surface area contributed by atoms with E-state index in [0.717, 1.165) is 23.2 Å². The van der Waals surface area contributed by atoms with Crippen LogP contribution in [0.5, 0.6) is 0 Å². The zero-order valence-corrected chi connectivity index (χ0v) is 19.3. The van der Waals surface area contributed by atoms with Crippen molar-refractivity contribution in [2.75, 3.05) is 38.0 Å². The molecule has 2 aromatic carbocycles. The SMILES string of the molecule is CCc1cccc(C)c1NC(=O)CN1CCN(S(=O)(=O)c2ccc(Cl)c(Cl)c2)CC1. The highest BCUT2D eigenvalue weighted by Gasteiger charge is 2.29. The van der Waals surface area contributed by atoms with Crippen molar-refractivity contribution in [2.24, 2.45) is 0 Å². The van der Waals surface area contributed by atoms with Crippen molar-refractivity contribution >= 4 is 44.8 Å². The lowest BCUT2D eigenvalue weighted by atomic mass is 10.1. The third-order valence-corrected chi connectivity index (χ3v) is 7.87. The number of hydrogen-bond acceptors (Lipinski definition) is 4. The molecule has 9 heteroatoms. The summed E-state index contributed by atoms with van der Waals surface area (Å²) < 4.78 is 27.1. The number of nitrogens with zero attached hydrogens (tertiary/aromatic N) is 2. The van der Waals surface area contributed by atoms with Crippen LogP contribution in [0.3, 0.4) is 0 Å². The Labute approximate surface area is 187 Å². The summed E-state index contributed by atoms with van der Waals surface area (Å²) in [6.45, 7) is 5.81. The van der Waals surface area contributed by atoms with Gasteiger partial charge in [-0.25, -0.2) is 8.42 Å². The Morgan fingerprint density at radius 3 is 2.40 bits per heavy atom. The molecule has 0 radical (unpaired) electrons. The van der Waals surface area contributed by atoms with Gasteiger partial charge in [-0.15, -0.1) is 0 Å². The topological polar surface area (TPSA) is 69.7 Å². The standard InChI is InChI=1S/C21H25Cl2N3O3S/c1-3-16-6-4-5-15(2)21(16)24-20(27)14-25-9-11-26(12-10-25)30(28,29)17-7-8-18(22)19(23)13-17/h4-8,13H,3,9-12,14H2,1-2H3,(H,24,27). The van der Waals surface area contributed by atoms with Gasteiger partial charge in [0.1, 0.15) is 0 Å². The molecule has 6 nitrogen and oxygen atoms in total. The predicted molar refractivity (Wildman–Crippen MR) is 121 cm³/mol. The Morgan fingerprint density at radius 2 is 1.77 bits per heavy atom.